The van der Waals surface area contributed by atoms with Crippen LogP contribution in [-0.4, -0.2) is 21.3 Å². The minimum Gasteiger partial charge on any atom is -0.478 e. The number of pyridine rings is 1. The highest BCUT2D eigenvalue weighted by Crippen LogP contribution is 2.38. The van der Waals surface area contributed by atoms with Gasteiger partial charge in [0.25, 0.3) is 0 Å². The summed E-state index contributed by atoms with van der Waals surface area (Å²) >= 11 is 1.63. The van der Waals surface area contributed by atoms with E-state index in [0.717, 1.165) is 18.8 Å². The van der Waals surface area contributed by atoms with Crippen LogP contribution in [0.25, 0.3) is 0 Å². The Morgan fingerprint density at radius 3 is 2.83 bits per heavy atom. The minimum atomic E-state index is -0.886. The lowest BCUT2D eigenvalue weighted by Gasteiger charge is -2.31. The summed E-state index contributed by atoms with van der Waals surface area (Å²) in [5.74, 6) is 0.612. The molecule has 1 fully saturated rings. The topological polar surface area (TPSA) is 50.2 Å². The third-order valence-corrected chi connectivity index (χ3v) is 5.14. The molecule has 98 valence electrons. The second kappa shape index (κ2) is 5.74. The van der Waals surface area contributed by atoms with E-state index in [1.807, 2.05) is 0 Å². The van der Waals surface area contributed by atoms with Gasteiger partial charge in [0.05, 0.1) is 5.56 Å². The van der Waals surface area contributed by atoms with E-state index in [-0.39, 0.29) is 0 Å². The van der Waals surface area contributed by atoms with Gasteiger partial charge in [-0.15, -0.1) is 11.8 Å². The van der Waals surface area contributed by atoms with Crippen molar-refractivity contribution in [3.05, 3.63) is 23.9 Å². The largest absolute Gasteiger partial charge is 0.478 e. The summed E-state index contributed by atoms with van der Waals surface area (Å²) in [5.41, 5.74) is 0.328. The zero-order valence-electron chi connectivity index (χ0n) is 10.8. The first-order chi connectivity index (χ1) is 8.58. The Balaban J connectivity index is 2.08. The highest BCUT2D eigenvalue weighted by Gasteiger charge is 2.26. The molecule has 0 saturated heterocycles. The van der Waals surface area contributed by atoms with Crippen molar-refractivity contribution in [3.63, 3.8) is 0 Å². The van der Waals surface area contributed by atoms with Gasteiger partial charge in [-0.2, -0.15) is 0 Å². The van der Waals surface area contributed by atoms with Crippen molar-refractivity contribution in [1.29, 1.82) is 0 Å². The maximum atomic E-state index is 11.1. The average Bonchev–Trinajstić information content (AvgIpc) is 2.34. The maximum Gasteiger partial charge on any atom is 0.338 e. The molecular weight excluding hydrogens is 246 g/mol. The van der Waals surface area contributed by atoms with Gasteiger partial charge in [0.1, 0.15) is 5.03 Å². The van der Waals surface area contributed by atoms with E-state index < -0.39 is 5.97 Å². The standard InChI is InChI=1S/C14H19NO2S/c1-9-5-6-11(8-10(9)2)18-13-12(14(16)17)4-3-7-15-13/h3-4,7,9-11H,5-6,8H2,1-2H3,(H,16,17). The van der Waals surface area contributed by atoms with E-state index in [2.05, 4.69) is 18.8 Å². The smallest absolute Gasteiger partial charge is 0.338 e. The molecule has 2 rings (SSSR count). The second-order valence-corrected chi connectivity index (χ2v) is 6.46. The van der Waals surface area contributed by atoms with Crippen molar-refractivity contribution in [3.8, 4) is 0 Å². The number of aromatic nitrogens is 1. The van der Waals surface area contributed by atoms with Crippen LogP contribution >= 0.6 is 11.8 Å². The highest BCUT2D eigenvalue weighted by atomic mass is 32.2. The Kier molecular flexibility index (Phi) is 4.27. The molecule has 0 radical (unpaired) electrons. The van der Waals surface area contributed by atoms with E-state index in [0.29, 0.717) is 21.8 Å². The number of hydrogen-bond donors (Lipinski definition) is 1. The summed E-state index contributed by atoms with van der Waals surface area (Å²) in [6, 6.07) is 3.31. The minimum absolute atomic E-state index is 0.328. The number of carboxylic acid groups (broad SMARTS) is 1. The van der Waals surface area contributed by atoms with E-state index >= 15 is 0 Å². The summed E-state index contributed by atoms with van der Waals surface area (Å²) in [7, 11) is 0. The number of aromatic carboxylic acids is 1. The third kappa shape index (κ3) is 3.05. The van der Waals surface area contributed by atoms with Crippen LogP contribution in [0.4, 0.5) is 0 Å². The van der Waals surface area contributed by atoms with Gasteiger partial charge in [-0.25, -0.2) is 9.78 Å². The van der Waals surface area contributed by atoms with E-state index in [1.54, 1.807) is 30.1 Å². The zero-order valence-corrected chi connectivity index (χ0v) is 11.6. The Labute approximate surface area is 112 Å². The first-order valence-corrected chi connectivity index (χ1v) is 7.31. The zero-order chi connectivity index (χ0) is 13.1. The van der Waals surface area contributed by atoms with Crippen molar-refractivity contribution < 1.29 is 9.90 Å². The van der Waals surface area contributed by atoms with Gasteiger partial charge in [0.15, 0.2) is 0 Å². The molecule has 1 saturated carbocycles. The van der Waals surface area contributed by atoms with Crippen molar-refractivity contribution in [2.75, 3.05) is 0 Å². The maximum absolute atomic E-state index is 11.1. The number of carboxylic acids is 1. The number of hydrogen-bond acceptors (Lipinski definition) is 3. The molecule has 0 amide bonds. The van der Waals surface area contributed by atoms with Crippen molar-refractivity contribution >= 4 is 17.7 Å². The molecule has 1 heterocycles. The first-order valence-electron chi connectivity index (χ1n) is 6.43. The van der Waals surface area contributed by atoms with Gasteiger partial charge in [0.2, 0.25) is 0 Å². The molecule has 18 heavy (non-hydrogen) atoms. The molecule has 0 spiro atoms. The average molecular weight is 265 g/mol. The summed E-state index contributed by atoms with van der Waals surface area (Å²) in [6.07, 6.45) is 5.21. The highest BCUT2D eigenvalue weighted by molar-refractivity contribution is 7.99. The molecule has 4 heteroatoms. The Morgan fingerprint density at radius 2 is 2.17 bits per heavy atom. The van der Waals surface area contributed by atoms with Crippen molar-refractivity contribution in [1.82, 2.24) is 4.98 Å². The summed E-state index contributed by atoms with van der Waals surface area (Å²) in [4.78, 5) is 15.3. The number of carbonyl (C=O) groups is 1. The van der Waals surface area contributed by atoms with Crippen LogP contribution in [0, 0.1) is 11.8 Å². The second-order valence-electron chi connectivity index (χ2n) is 5.17. The molecule has 1 aliphatic rings. The Bertz CT molecular complexity index is 436. The van der Waals surface area contributed by atoms with Crippen LogP contribution in [0.5, 0.6) is 0 Å². The molecule has 0 bridgehead atoms. The number of thioether (sulfide) groups is 1. The molecule has 0 aliphatic heterocycles. The SMILES string of the molecule is CC1CCC(Sc2ncccc2C(=O)O)CC1C. The molecule has 0 aromatic carbocycles. The predicted molar refractivity (Wildman–Crippen MR) is 73.0 cm³/mol. The summed E-state index contributed by atoms with van der Waals surface area (Å²) < 4.78 is 0. The predicted octanol–water partition coefficient (Wildman–Crippen LogP) is 3.70. The van der Waals surface area contributed by atoms with Gasteiger partial charge < -0.3 is 5.11 Å². The lowest BCUT2D eigenvalue weighted by atomic mass is 9.81. The molecule has 3 atom stereocenters. The van der Waals surface area contributed by atoms with E-state index in [9.17, 15) is 4.79 Å². The van der Waals surface area contributed by atoms with Gasteiger partial charge in [-0.1, -0.05) is 13.8 Å². The van der Waals surface area contributed by atoms with Gasteiger partial charge in [-0.05, 0) is 43.2 Å². The first kappa shape index (κ1) is 13.4. The van der Waals surface area contributed by atoms with Crippen LogP contribution in [0.15, 0.2) is 23.4 Å². The number of rotatable bonds is 3. The lowest BCUT2D eigenvalue weighted by molar-refractivity contribution is 0.0692. The summed E-state index contributed by atoms with van der Waals surface area (Å²) in [5, 5.41) is 10.3. The Morgan fingerprint density at radius 1 is 1.39 bits per heavy atom. The Hall–Kier alpha value is -1.03. The molecule has 1 aromatic heterocycles. The van der Waals surface area contributed by atoms with Crippen molar-refractivity contribution in [2.45, 2.75) is 43.4 Å². The fourth-order valence-corrected chi connectivity index (χ4v) is 3.78. The van der Waals surface area contributed by atoms with Crippen LogP contribution in [0.2, 0.25) is 0 Å². The normalized spacial score (nSPS) is 28.0. The molecule has 3 nitrogen and oxygen atoms in total. The molecular formula is C14H19NO2S. The fraction of sp³-hybridized carbons (Fsp3) is 0.571. The van der Waals surface area contributed by atoms with Crippen LogP contribution < -0.4 is 0 Å². The molecule has 3 unspecified atom stereocenters. The van der Waals surface area contributed by atoms with E-state index in [1.165, 1.54) is 6.42 Å². The summed E-state index contributed by atoms with van der Waals surface area (Å²) in [6.45, 7) is 4.59. The van der Waals surface area contributed by atoms with Crippen LogP contribution in [0.3, 0.4) is 0 Å². The third-order valence-electron chi connectivity index (χ3n) is 3.83. The van der Waals surface area contributed by atoms with Crippen molar-refractivity contribution in [2.24, 2.45) is 11.8 Å². The van der Waals surface area contributed by atoms with Gasteiger partial charge in [-0.3, -0.25) is 0 Å². The molecule has 1 aromatic rings. The van der Waals surface area contributed by atoms with Crippen LogP contribution in [-0.2, 0) is 0 Å². The van der Waals surface area contributed by atoms with Gasteiger partial charge in [0, 0.05) is 11.4 Å². The quantitative estimate of drug-likeness (QED) is 0.905. The molecule has 1 aliphatic carbocycles. The number of nitrogens with zero attached hydrogens (tertiary/aromatic N) is 1. The van der Waals surface area contributed by atoms with Crippen LogP contribution in [0.1, 0.15) is 43.5 Å². The molecule has 1 N–H and O–H groups in total. The fourth-order valence-electron chi connectivity index (χ4n) is 2.41. The monoisotopic (exact) mass is 265 g/mol. The van der Waals surface area contributed by atoms with E-state index in [4.69, 9.17) is 5.11 Å². The van der Waals surface area contributed by atoms with Gasteiger partial charge >= 0.3 is 5.97 Å². The lowest BCUT2D eigenvalue weighted by Crippen LogP contribution is -2.22.